The molecule has 0 saturated heterocycles. The van der Waals surface area contributed by atoms with Gasteiger partial charge in [-0.2, -0.15) is 0 Å². The molecule has 2 heterocycles. The number of ether oxygens (including phenoxy) is 1. The summed E-state index contributed by atoms with van der Waals surface area (Å²) in [5, 5.41) is 16.0. The molecule has 0 aliphatic rings. The number of hydrogen-bond donors (Lipinski definition) is 5. The summed E-state index contributed by atoms with van der Waals surface area (Å²) in [7, 11) is 0. The van der Waals surface area contributed by atoms with Crippen molar-refractivity contribution >= 4 is 47.0 Å². The van der Waals surface area contributed by atoms with Crippen LogP contribution in [0.3, 0.4) is 0 Å². The SMILES string of the molecule is CCOC(=O)C(CNC(=O)c1cccs1)NC(=O)c1c(C)nc(NCCCc2cccc(N)c2C=[NH2+])nc1C. The Morgan fingerprint density at radius 1 is 1.13 bits per heavy atom. The number of hydrogen-bond acceptors (Lipinski definition) is 9. The molecule has 0 aliphatic heterocycles. The van der Waals surface area contributed by atoms with Crippen molar-refractivity contribution in [2.45, 2.75) is 39.7 Å². The number of esters is 1. The normalized spacial score (nSPS) is 11.4. The third kappa shape index (κ3) is 7.84. The maximum atomic E-state index is 13.1. The van der Waals surface area contributed by atoms with Crippen LogP contribution in [0.1, 0.15) is 55.9 Å². The number of nitrogens with zero attached hydrogens (tertiary/aromatic N) is 2. The quantitative estimate of drug-likeness (QED) is 0.0905. The first-order valence-corrected chi connectivity index (χ1v) is 13.4. The molecular formula is C27H34N7O4S+. The molecule has 1 aromatic carbocycles. The first-order valence-electron chi connectivity index (χ1n) is 12.6. The fourth-order valence-electron chi connectivity index (χ4n) is 4.01. The molecule has 39 heavy (non-hydrogen) atoms. The second-order valence-electron chi connectivity index (χ2n) is 8.68. The van der Waals surface area contributed by atoms with Crippen LogP contribution in [-0.2, 0) is 16.0 Å². The summed E-state index contributed by atoms with van der Waals surface area (Å²) in [5.41, 5.74) is 9.67. The second-order valence-corrected chi connectivity index (χ2v) is 9.62. The van der Waals surface area contributed by atoms with Crippen molar-refractivity contribution in [1.29, 1.82) is 0 Å². The Hall–Kier alpha value is -4.32. The molecule has 0 bridgehead atoms. The number of nitrogen functional groups attached to an aromatic ring is 1. The molecule has 2 aromatic heterocycles. The Kier molecular flexibility index (Phi) is 10.5. The van der Waals surface area contributed by atoms with Gasteiger partial charge < -0.3 is 26.4 Å². The Balaban J connectivity index is 1.62. The van der Waals surface area contributed by atoms with Crippen LogP contribution in [-0.4, -0.2) is 59.7 Å². The van der Waals surface area contributed by atoms with E-state index in [9.17, 15) is 14.4 Å². The van der Waals surface area contributed by atoms with Crippen molar-refractivity contribution in [3.05, 3.63) is 68.7 Å². The van der Waals surface area contributed by atoms with E-state index in [-0.39, 0.29) is 24.6 Å². The van der Waals surface area contributed by atoms with Gasteiger partial charge in [0.2, 0.25) is 5.95 Å². The minimum absolute atomic E-state index is 0.128. The van der Waals surface area contributed by atoms with E-state index in [1.54, 1.807) is 38.3 Å². The third-order valence-electron chi connectivity index (χ3n) is 5.89. The van der Waals surface area contributed by atoms with Gasteiger partial charge in [0.25, 0.3) is 11.8 Å². The lowest BCUT2D eigenvalue weighted by atomic mass is 10.0. The molecule has 206 valence electrons. The second kappa shape index (κ2) is 14.0. The van der Waals surface area contributed by atoms with Gasteiger partial charge >= 0.3 is 5.97 Å². The minimum atomic E-state index is -1.08. The van der Waals surface area contributed by atoms with Crippen LogP contribution in [0.25, 0.3) is 0 Å². The zero-order valence-electron chi connectivity index (χ0n) is 22.2. The topological polar surface area (TPSA) is 174 Å². The lowest BCUT2D eigenvalue weighted by Gasteiger charge is -2.19. The fourth-order valence-corrected chi connectivity index (χ4v) is 4.65. The fraction of sp³-hybridized carbons (Fsp3) is 0.333. The molecule has 7 N–H and O–H groups in total. The summed E-state index contributed by atoms with van der Waals surface area (Å²) in [6.45, 7) is 5.66. The molecule has 0 saturated carbocycles. The van der Waals surface area contributed by atoms with E-state index in [1.165, 1.54) is 17.6 Å². The predicted molar refractivity (Wildman–Crippen MR) is 151 cm³/mol. The van der Waals surface area contributed by atoms with E-state index in [0.717, 1.165) is 24.0 Å². The number of aromatic nitrogens is 2. The largest absolute Gasteiger partial charge is 0.464 e. The zero-order valence-corrected chi connectivity index (χ0v) is 23.1. The van der Waals surface area contributed by atoms with E-state index in [4.69, 9.17) is 15.9 Å². The molecule has 3 aromatic rings. The monoisotopic (exact) mass is 552 g/mol. The highest BCUT2D eigenvalue weighted by Crippen LogP contribution is 2.17. The van der Waals surface area contributed by atoms with Crippen LogP contribution in [0, 0.1) is 13.8 Å². The van der Waals surface area contributed by atoms with Gasteiger partial charge in [-0.1, -0.05) is 18.2 Å². The van der Waals surface area contributed by atoms with Gasteiger partial charge in [-0.3, -0.25) is 15.0 Å². The van der Waals surface area contributed by atoms with Crippen LogP contribution in [0.2, 0.25) is 0 Å². The number of thiophene rings is 1. The summed E-state index contributed by atoms with van der Waals surface area (Å²) in [6, 6.07) is 8.04. The molecule has 12 heteroatoms. The molecule has 1 atom stereocenters. The molecule has 0 aliphatic carbocycles. The van der Waals surface area contributed by atoms with Gasteiger partial charge in [0, 0.05) is 18.8 Å². The first kappa shape index (κ1) is 29.2. The van der Waals surface area contributed by atoms with Crippen LogP contribution in [0.15, 0.2) is 35.7 Å². The number of carbonyl (C=O) groups excluding carboxylic acids is 3. The van der Waals surface area contributed by atoms with Gasteiger partial charge in [-0.15, -0.1) is 11.3 Å². The van der Waals surface area contributed by atoms with Gasteiger partial charge in [-0.05, 0) is 56.7 Å². The summed E-state index contributed by atoms with van der Waals surface area (Å²) < 4.78 is 5.09. The summed E-state index contributed by atoms with van der Waals surface area (Å²) >= 11 is 1.28. The third-order valence-corrected chi connectivity index (χ3v) is 6.76. The molecule has 3 rings (SSSR count). The molecule has 0 radical (unpaired) electrons. The van der Waals surface area contributed by atoms with E-state index in [2.05, 4.69) is 25.9 Å². The highest BCUT2D eigenvalue weighted by atomic mass is 32.1. The number of nitrogens with one attached hydrogen (secondary N) is 3. The van der Waals surface area contributed by atoms with Crippen molar-refractivity contribution in [1.82, 2.24) is 20.6 Å². The molecule has 1 unspecified atom stereocenters. The number of benzene rings is 1. The number of nitrogens with two attached hydrogens (primary N) is 2. The number of amides is 2. The number of aryl methyl sites for hydroxylation is 3. The number of carbonyl (C=O) groups is 3. The minimum Gasteiger partial charge on any atom is -0.464 e. The standard InChI is InChI=1S/C27H33N7O4S/c1-4-38-26(37)21(15-31-24(35)22-11-7-13-39-22)34-25(36)23-16(2)32-27(33-17(23)3)30-12-6-9-18-8-5-10-20(29)19(18)14-28/h5,7-8,10-11,13-14,21,28H,4,6,9,12,15,29H2,1-3H3,(H,31,35)(H,34,36)(H,30,32,33)/p+1. The van der Waals surface area contributed by atoms with E-state index in [1.807, 2.05) is 18.2 Å². The maximum Gasteiger partial charge on any atom is 0.330 e. The van der Waals surface area contributed by atoms with Crippen LogP contribution in [0.5, 0.6) is 0 Å². The lowest BCUT2D eigenvalue weighted by Crippen LogP contribution is -2.49. The Morgan fingerprint density at radius 2 is 1.87 bits per heavy atom. The maximum absolute atomic E-state index is 13.1. The van der Waals surface area contributed by atoms with Gasteiger partial charge in [-0.25, -0.2) is 14.8 Å². The zero-order chi connectivity index (χ0) is 28.4. The van der Waals surface area contributed by atoms with Crippen molar-refractivity contribution in [3.63, 3.8) is 0 Å². The molecule has 0 fully saturated rings. The van der Waals surface area contributed by atoms with E-state index < -0.39 is 17.9 Å². The van der Waals surface area contributed by atoms with Crippen molar-refractivity contribution in [2.24, 2.45) is 0 Å². The van der Waals surface area contributed by atoms with Gasteiger partial charge in [0.05, 0.1) is 34.0 Å². The summed E-state index contributed by atoms with van der Waals surface area (Å²) in [6.07, 6.45) is 3.06. The molecule has 0 spiro atoms. The Labute approximate surface area is 231 Å². The van der Waals surface area contributed by atoms with Gasteiger partial charge in [0.1, 0.15) is 6.04 Å². The van der Waals surface area contributed by atoms with E-state index >= 15 is 0 Å². The smallest absolute Gasteiger partial charge is 0.330 e. The number of rotatable bonds is 13. The highest BCUT2D eigenvalue weighted by Gasteiger charge is 2.26. The summed E-state index contributed by atoms with van der Waals surface area (Å²) in [5.74, 6) is -1.13. The van der Waals surface area contributed by atoms with E-state index in [0.29, 0.717) is 34.4 Å². The lowest BCUT2D eigenvalue weighted by molar-refractivity contribution is -0.145. The Bertz CT molecular complexity index is 1300. The van der Waals surface area contributed by atoms with Crippen LogP contribution >= 0.6 is 11.3 Å². The predicted octanol–water partition coefficient (Wildman–Crippen LogP) is 1.05. The van der Waals surface area contributed by atoms with Crippen molar-refractivity contribution < 1.29 is 24.5 Å². The first-order chi connectivity index (χ1) is 18.7. The Morgan fingerprint density at radius 3 is 2.51 bits per heavy atom. The molecule has 2 amide bonds. The molecule has 11 nitrogen and oxygen atoms in total. The average molecular weight is 553 g/mol. The average Bonchev–Trinajstić information content (AvgIpc) is 3.44. The number of anilines is 2. The van der Waals surface area contributed by atoms with Crippen LogP contribution in [0.4, 0.5) is 11.6 Å². The molecular weight excluding hydrogens is 518 g/mol. The van der Waals surface area contributed by atoms with Crippen molar-refractivity contribution in [2.75, 3.05) is 30.7 Å². The summed E-state index contributed by atoms with van der Waals surface area (Å²) in [4.78, 5) is 47.3. The highest BCUT2D eigenvalue weighted by molar-refractivity contribution is 7.12. The van der Waals surface area contributed by atoms with Crippen LogP contribution < -0.4 is 27.1 Å². The van der Waals surface area contributed by atoms with Gasteiger partial charge in [0.15, 0.2) is 6.21 Å². The van der Waals surface area contributed by atoms with Crippen molar-refractivity contribution in [3.8, 4) is 0 Å².